The van der Waals surface area contributed by atoms with E-state index in [2.05, 4.69) is 4.98 Å². The first-order chi connectivity index (χ1) is 13.4. The number of nitrogens with one attached hydrogen (secondary N) is 1. The molecule has 0 atom stereocenters. The second kappa shape index (κ2) is 8.42. The molecule has 0 aliphatic heterocycles. The van der Waals surface area contributed by atoms with Crippen LogP contribution in [0.15, 0.2) is 18.2 Å². The van der Waals surface area contributed by atoms with Crippen LogP contribution in [0.3, 0.4) is 0 Å². The Kier molecular flexibility index (Phi) is 5.97. The molecule has 0 saturated heterocycles. The van der Waals surface area contributed by atoms with Gasteiger partial charge in [0, 0.05) is 11.4 Å². The zero-order chi connectivity index (χ0) is 20.3. The number of benzene rings is 1. The van der Waals surface area contributed by atoms with Crippen molar-refractivity contribution in [2.75, 3.05) is 13.2 Å². The molecular weight excluding hydrogens is 358 g/mol. The molecule has 0 saturated carbocycles. The SMILES string of the molecule is CCOC(=O)c1c(C)[nH]c(C)c1C(=O)COC(=O)c1ccc2c(c1)CCCC2. The minimum Gasteiger partial charge on any atom is -0.462 e. The monoisotopic (exact) mass is 383 g/mol. The Morgan fingerprint density at radius 2 is 1.61 bits per heavy atom. The van der Waals surface area contributed by atoms with Gasteiger partial charge in [0.05, 0.1) is 23.3 Å². The van der Waals surface area contributed by atoms with E-state index in [0.29, 0.717) is 17.0 Å². The molecule has 1 N–H and O–H groups in total. The maximum Gasteiger partial charge on any atom is 0.340 e. The highest BCUT2D eigenvalue weighted by Crippen LogP contribution is 2.23. The van der Waals surface area contributed by atoms with E-state index in [-0.39, 0.29) is 17.7 Å². The summed E-state index contributed by atoms with van der Waals surface area (Å²) in [6.45, 7) is 4.89. The van der Waals surface area contributed by atoms with Crippen molar-refractivity contribution in [2.24, 2.45) is 0 Å². The first-order valence-electron chi connectivity index (χ1n) is 9.60. The van der Waals surface area contributed by atoms with Gasteiger partial charge >= 0.3 is 11.9 Å². The maximum atomic E-state index is 12.7. The molecule has 148 valence electrons. The largest absolute Gasteiger partial charge is 0.462 e. The summed E-state index contributed by atoms with van der Waals surface area (Å²) < 4.78 is 10.3. The fourth-order valence-electron chi connectivity index (χ4n) is 3.74. The number of carbonyl (C=O) groups is 3. The predicted molar refractivity (Wildman–Crippen MR) is 104 cm³/mol. The summed E-state index contributed by atoms with van der Waals surface area (Å²) in [4.78, 5) is 40.3. The fraction of sp³-hybridized carbons (Fsp3) is 0.409. The summed E-state index contributed by atoms with van der Waals surface area (Å²) in [5.74, 6) is -1.53. The lowest BCUT2D eigenvalue weighted by atomic mass is 9.90. The van der Waals surface area contributed by atoms with Crippen molar-refractivity contribution >= 4 is 17.7 Å². The molecule has 0 unspecified atom stereocenters. The molecule has 28 heavy (non-hydrogen) atoms. The van der Waals surface area contributed by atoms with E-state index in [1.807, 2.05) is 12.1 Å². The number of aromatic amines is 1. The number of hydrogen-bond acceptors (Lipinski definition) is 5. The average Bonchev–Trinajstić information content (AvgIpc) is 2.99. The highest BCUT2D eigenvalue weighted by atomic mass is 16.5. The van der Waals surface area contributed by atoms with Gasteiger partial charge in [0.1, 0.15) is 0 Å². The number of fused-ring (bicyclic) bond motifs is 1. The van der Waals surface area contributed by atoms with Crippen molar-refractivity contribution in [1.82, 2.24) is 4.98 Å². The van der Waals surface area contributed by atoms with Crippen LogP contribution in [0.25, 0.3) is 0 Å². The third-order valence-electron chi connectivity index (χ3n) is 5.05. The van der Waals surface area contributed by atoms with Gasteiger partial charge in [0.2, 0.25) is 5.78 Å². The predicted octanol–water partition coefficient (Wildman–Crippen LogP) is 3.73. The lowest BCUT2D eigenvalue weighted by Gasteiger charge is -2.16. The van der Waals surface area contributed by atoms with Gasteiger partial charge in [-0.2, -0.15) is 0 Å². The minimum absolute atomic E-state index is 0.203. The maximum absolute atomic E-state index is 12.7. The first-order valence-corrected chi connectivity index (χ1v) is 9.60. The molecule has 0 radical (unpaired) electrons. The molecule has 0 bridgehead atoms. The van der Waals surface area contributed by atoms with Gasteiger partial charge in [-0.05, 0) is 69.7 Å². The van der Waals surface area contributed by atoms with E-state index in [1.54, 1.807) is 26.8 Å². The highest BCUT2D eigenvalue weighted by Gasteiger charge is 2.26. The summed E-state index contributed by atoms with van der Waals surface area (Å²) in [6, 6.07) is 5.56. The topological polar surface area (TPSA) is 85.5 Å². The quantitative estimate of drug-likeness (QED) is 0.607. The van der Waals surface area contributed by atoms with E-state index >= 15 is 0 Å². The number of esters is 2. The van der Waals surface area contributed by atoms with Gasteiger partial charge in [0.15, 0.2) is 6.61 Å². The number of Topliss-reactive ketones (excluding diaryl/α,β-unsaturated/α-hetero) is 1. The van der Waals surface area contributed by atoms with Gasteiger partial charge in [-0.15, -0.1) is 0 Å². The molecule has 1 aromatic carbocycles. The normalized spacial score (nSPS) is 13.0. The van der Waals surface area contributed by atoms with E-state index in [0.717, 1.165) is 19.3 Å². The van der Waals surface area contributed by atoms with Gasteiger partial charge in [0.25, 0.3) is 0 Å². The Bertz CT molecular complexity index is 925. The molecule has 3 rings (SSSR count). The third-order valence-corrected chi connectivity index (χ3v) is 5.05. The summed E-state index contributed by atoms with van der Waals surface area (Å²) >= 11 is 0. The summed E-state index contributed by atoms with van der Waals surface area (Å²) in [5.41, 5.74) is 4.42. The van der Waals surface area contributed by atoms with Crippen LogP contribution >= 0.6 is 0 Å². The van der Waals surface area contributed by atoms with Gasteiger partial charge in [-0.25, -0.2) is 9.59 Å². The van der Waals surface area contributed by atoms with Gasteiger partial charge in [-0.3, -0.25) is 4.79 Å². The second-order valence-corrected chi connectivity index (χ2v) is 7.04. The fourth-order valence-corrected chi connectivity index (χ4v) is 3.74. The molecule has 1 aliphatic carbocycles. The van der Waals surface area contributed by atoms with Crippen LogP contribution in [0, 0.1) is 13.8 Å². The number of carbonyl (C=O) groups excluding carboxylic acids is 3. The lowest BCUT2D eigenvalue weighted by Crippen LogP contribution is -2.18. The van der Waals surface area contributed by atoms with E-state index in [4.69, 9.17) is 9.47 Å². The lowest BCUT2D eigenvalue weighted by molar-refractivity contribution is 0.0472. The van der Waals surface area contributed by atoms with Crippen molar-refractivity contribution in [3.8, 4) is 0 Å². The Hall–Kier alpha value is -2.89. The number of H-pyrrole nitrogens is 1. The van der Waals surface area contributed by atoms with Crippen molar-refractivity contribution in [1.29, 1.82) is 0 Å². The van der Waals surface area contributed by atoms with Crippen LogP contribution in [-0.2, 0) is 22.3 Å². The number of ether oxygens (including phenoxy) is 2. The van der Waals surface area contributed by atoms with Gasteiger partial charge in [-0.1, -0.05) is 6.07 Å². The first kappa shape index (κ1) is 19.9. The van der Waals surface area contributed by atoms with Crippen molar-refractivity contribution in [3.63, 3.8) is 0 Å². The van der Waals surface area contributed by atoms with E-state index in [9.17, 15) is 14.4 Å². The Morgan fingerprint density at radius 3 is 2.32 bits per heavy atom. The number of hydrogen-bond donors (Lipinski definition) is 1. The molecular formula is C22H25NO5. The van der Waals surface area contributed by atoms with E-state index < -0.39 is 24.3 Å². The van der Waals surface area contributed by atoms with Crippen molar-refractivity contribution in [3.05, 3.63) is 57.4 Å². The van der Waals surface area contributed by atoms with Crippen LogP contribution in [0.5, 0.6) is 0 Å². The minimum atomic E-state index is -0.561. The number of rotatable bonds is 6. The summed E-state index contributed by atoms with van der Waals surface area (Å²) in [5, 5.41) is 0. The average molecular weight is 383 g/mol. The number of aryl methyl sites for hydroxylation is 4. The molecule has 0 spiro atoms. The third kappa shape index (κ3) is 4.01. The zero-order valence-electron chi connectivity index (χ0n) is 16.5. The molecule has 0 fully saturated rings. The summed E-state index contributed by atoms with van der Waals surface area (Å²) in [6.07, 6.45) is 4.28. The number of ketones is 1. The van der Waals surface area contributed by atoms with Crippen LogP contribution in [0.2, 0.25) is 0 Å². The molecule has 1 aromatic heterocycles. The van der Waals surface area contributed by atoms with Crippen LogP contribution in [0.1, 0.15) is 73.4 Å². The van der Waals surface area contributed by atoms with Crippen LogP contribution in [-0.4, -0.2) is 35.9 Å². The number of aromatic nitrogens is 1. The molecule has 6 nitrogen and oxygen atoms in total. The van der Waals surface area contributed by atoms with Gasteiger partial charge < -0.3 is 14.5 Å². The Labute approximate surface area is 164 Å². The highest BCUT2D eigenvalue weighted by molar-refractivity contribution is 6.09. The molecule has 1 aliphatic rings. The second-order valence-electron chi connectivity index (χ2n) is 7.04. The smallest absolute Gasteiger partial charge is 0.340 e. The Balaban J connectivity index is 1.72. The molecule has 2 aromatic rings. The van der Waals surface area contributed by atoms with Crippen molar-refractivity contribution < 1.29 is 23.9 Å². The molecule has 1 heterocycles. The zero-order valence-corrected chi connectivity index (χ0v) is 16.5. The van der Waals surface area contributed by atoms with Crippen molar-refractivity contribution in [2.45, 2.75) is 46.5 Å². The standard InChI is InChI=1S/C22H25NO5/c1-4-27-22(26)20-14(3)23-13(2)19(20)18(24)12-28-21(25)17-10-9-15-7-5-6-8-16(15)11-17/h9-11,23H,4-8,12H2,1-3H3. The van der Waals surface area contributed by atoms with E-state index in [1.165, 1.54) is 17.5 Å². The van der Waals surface area contributed by atoms with Crippen LogP contribution in [0.4, 0.5) is 0 Å². The summed E-state index contributed by atoms with van der Waals surface area (Å²) in [7, 11) is 0. The van der Waals surface area contributed by atoms with Crippen LogP contribution < -0.4 is 0 Å². The Morgan fingerprint density at radius 1 is 0.929 bits per heavy atom. The molecule has 6 heteroatoms. The molecule has 0 amide bonds.